The van der Waals surface area contributed by atoms with Crippen LogP contribution in [0.1, 0.15) is 34.6 Å². The van der Waals surface area contributed by atoms with Crippen LogP contribution in [0.2, 0.25) is 0 Å². The van der Waals surface area contributed by atoms with E-state index in [2.05, 4.69) is 32.0 Å². The highest BCUT2D eigenvalue weighted by Gasteiger charge is 2.21. The van der Waals surface area contributed by atoms with Crippen LogP contribution in [0.5, 0.6) is 0 Å². The number of furan rings is 1. The topological polar surface area (TPSA) is 87.4 Å². The molecule has 1 N–H and O–H groups in total. The molecule has 0 radical (unpaired) electrons. The Morgan fingerprint density at radius 1 is 1.00 bits per heavy atom. The third-order valence-electron chi connectivity index (χ3n) is 6.53. The summed E-state index contributed by atoms with van der Waals surface area (Å²) in [6.45, 7) is 5.48. The van der Waals surface area contributed by atoms with Gasteiger partial charge in [0.15, 0.2) is 10.9 Å². The summed E-state index contributed by atoms with van der Waals surface area (Å²) in [5.74, 6) is 1.91. The zero-order valence-corrected chi connectivity index (χ0v) is 22.7. The second-order valence-electron chi connectivity index (χ2n) is 9.16. The number of halogens is 1. The van der Waals surface area contributed by atoms with Crippen molar-refractivity contribution in [2.24, 2.45) is 0 Å². The molecule has 1 saturated heterocycles. The predicted molar refractivity (Wildman–Crippen MR) is 151 cm³/mol. The van der Waals surface area contributed by atoms with Gasteiger partial charge in [-0.05, 0) is 42.8 Å². The third-order valence-corrected chi connectivity index (χ3v) is 7.40. The van der Waals surface area contributed by atoms with Crippen LogP contribution in [0, 0.1) is 5.82 Å². The van der Waals surface area contributed by atoms with Gasteiger partial charge in [0.25, 0.3) is 5.91 Å². The zero-order chi connectivity index (χ0) is 27.0. The van der Waals surface area contributed by atoms with Crippen molar-refractivity contribution in [1.29, 1.82) is 0 Å². The number of carbonyl (C=O) groups is 1. The number of hydrogen-bond donors (Lipinski definition) is 1. The number of hydrogen-bond acceptors (Lipinski definition) is 8. The van der Waals surface area contributed by atoms with Crippen molar-refractivity contribution in [2.75, 3.05) is 42.5 Å². The lowest BCUT2D eigenvalue weighted by Gasteiger charge is -2.37. The van der Waals surface area contributed by atoms with Gasteiger partial charge in [-0.2, -0.15) is 0 Å². The monoisotopic (exact) mass is 546 g/mol. The Morgan fingerprint density at radius 2 is 1.79 bits per heavy atom. The summed E-state index contributed by atoms with van der Waals surface area (Å²) in [5.41, 5.74) is 2.53. The average molecular weight is 547 g/mol. The molecule has 202 valence electrons. The molecule has 5 rings (SSSR count). The minimum Gasteiger partial charge on any atom is -0.455 e. The zero-order valence-electron chi connectivity index (χ0n) is 21.8. The van der Waals surface area contributed by atoms with Crippen LogP contribution in [0.25, 0.3) is 0 Å². The number of rotatable bonds is 10. The maximum atomic E-state index is 14.2. The van der Waals surface area contributed by atoms with E-state index in [0.717, 1.165) is 36.7 Å². The lowest BCUT2D eigenvalue weighted by molar-refractivity contribution is 0.0925. The standard InChI is InChI=1S/C29H31FN6O2S/c1-2-21-19-27(36-17-15-35(16-18-36)25-9-4-3-8-24(25)30)34-29(33-21)39-20-23-10-11-26(38-23)28(37)32-14-12-22-7-5-6-13-31-22/h3-11,13,19H,2,12,14-18,20H2,1H3,(H,32,37). The van der Waals surface area contributed by atoms with Gasteiger partial charge in [-0.15, -0.1) is 0 Å². The quantitative estimate of drug-likeness (QED) is 0.225. The van der Waals surface area contributed by atoms with Crippen LogP contribution in [-0.4, -0.2) is 53.6 Å². The number of nitrogens with one attached hydrogen (secondary N) is 1. The second-order valence-corrected chi connectivity index (χ2v) is 10.1. The summed E-state index contributed by atoms with van der Waals surface area (Å²) >= 11 is 1.48. The first kappa shape index (κ1) is 26.7. The fourth-order valence-electron chi connectivity index (χ4n) is 4.40. The Bertz CT molecular complexity index is 1390. The number of para-hydroxylation sites is 1. The van der Waals surface area contributed by atoms with Gasteiger partial charge in [0.1, 0.15) is 17.4 Å². The molecule has 0 bridgehead atoms. The summed E-state index contributed by atoms with van der Waals surface area (Å²) in [5, 5.41) is 3.54. The molecule has 0 atom stereocenters. The molecule has 4 heterocycles. The molecule has 1 aliphatic rings. The largest absolute Gasteiger partial charge is 0.455 e. The van der Waals surface area contributed by atoms with E-state index in [1.54, 1.807) is 18.3 Å². The Kier molecular flexibility index (Phi) is 8.72. The fraction of sp³-hybridized carbons (Fsp3) is 0.310. The van der Waals surface area contributed by atoms with E-state index in [9.17, 15) is 9.18 Å². The van der Waals surface area contributed by atoms with Crippen LogP contribution in [0.4, 0.5) is 15.9 Å². The lowest BCUT2D eigenvalue weighted by atomic mass is 10.2. The number of amides is 1. The normalized spacial score (nSPS) is 13.5. The van der Waals surface area contributed by atoms with Gasteiger partial charge in [-0.1, -0.05) is 36.9 Å². The highest BCUT2D eigenvalue weighted by molar-refractivity contribution is 7.98. The predicted octanol–water partition coefficient (Wildman–Crippen LogP) is 4.76. The maximum Gasteiger partial charge on any atom is 0.287 e. The first-order valence-electron chi connectivity index (χ1n) is 13.1. The van der Waals surface area contributed by atoms with E-state index in [1.165, 1.54) is 17.8 Å². The summed E-state index contributed by atoms with van der Waals surface area (Å²) in [4.78, 5) is 30.5. The highest BCUT2D eigenvalue weighted by Crippen LogP contribution is 2.26. The van der Waals surface area contributed by atoms with Gasteiger partial charge in [0.05, 0.1) is 11.4 Å². The number of aromatic nitrogens is 3. The SMILES string of the molecule is CCc1cc(N2CCN(c3ccccc3F)CC2)nc(SCc2ccc(C(=O)NCCc3ccccn3)o2)n1. The molecule has 8 nitrogen and oxygen atoms in total. The molecule has 1 aliphatic heterocycles. The van der Waals surface area contributed by atoms with Crippen LogP contribution < -0.4 is 15.1 Å². The van der Waals surface area contributed by atoms with Crippen molar-refractivity contribution in [3.8, 4) is 0 Å². The molecule has 1 aromatic carbocycles. The van der Waals surface area contributed by atoms with Gasteiger partial charge >= 0.3 is 0 Å². The molecular formula is C29H31FN6O2S. The van der Waals surface area contributed by atoms with E-state index < -0.39 is 0 Å². The molecule has 1 fully saturated rings. The van der Waals surface area contributed by atoms with Crippen LogP contribution in [0.3, 0.4) is 0 Å². The fourth-order valence-corrected chi connectivity index (χ4v) is 5.17. The number of pyridine rings is 1. The molecule has 3 aromatic heterocycles. The molecule has 0 spiro atoms. The Balaban J connectivity index is 1.16. The lowest BCUT2D eigenvalue weighted by Crippen LogP contribution is -2.47. The first-order valence-corrected chi connectivity index (χ1v) is 14.1. The van der Waals surface area contributed by atoms with Gasteiger partial charge < -0.3 is 19.5 Å². The smallest absolute Gasteiger partial charge is 0.287 e. The van der Waals surface area contributed by atoms with E-state index in [4.69, 9.17) is 9.40 Å². The summed E-state index contributed by atoms with van der Waals surface area (Å²) < 4.78 is 20.0. The molecule has 39 heavy (non-hydrogen) atoms. The minimum atomic E-state index is -0.247. The van der Waals surface area contributed by atoms with Crippen molar-refractivity contribution >= 4 is 29.2 Å². The highest BCUT2D eigenvalue weighted by atomic mass is 32.2. The first-order chi connectivity index (χ1) is 19.1. The van der Waals surface area contributed by atoms with Gasteiger partial charge in [-0.3, -0.25) is 9.78 Å². The molecule has 4 aromatic rings. The number of nitrogens with zero attached hydrogens (tertiary/aromatic N) is 5. The number of carbonyl (C=O) groups excluding carboxylic acids is 1. The van der Waals surface area contributed by atoms with Crippen LogP contribution in [-0.2, 0) is 18.6 Å². The number of piperazine rings is 1. The average Bonchev–Trinajstić information content (AvgIpc) is 3.46. The van der Waals surface area contributed by atoms with E-state index in [-0.39, 0.29) is 17.5 Å². The molecule has 10 heteroatoms. The summed E-state index contributed by atoms with van der Waals surface area (Å²) in [7, 11) is 0. The molecule has 0 aliphatic carbocycles. The molecule has 0 unspecified atom stereocenters. The third kappa shape index (κ3) is 6.94. The maximum absolute atomic E-state index is 14.2. The van der Waals surface area contributed by atoms with Crippen LogP contribution >= 0.6 is 11.8 Å². The summed E-state index contributed by atoms with van der Waals surface area (Å²) in [6, 6.07) is 18.2. The van der Waals surface area contributed by atoms with Crippen molar-refractivity contribution in [2.45, 2.75) is 30.7 Å². The van der Waals surface area contributed by atoms with Crippen molar-refractivity contribution in [3.05, 3.63) is 95.6 Å². The second kappa shape index (κ2) is 12.8. The van der Waals surface area contributed by atoms with E-state index in [1.807, 2.05) is 42.5 Å². The van der Waals surface area contributed by atoms with E-state index >= 15 is 0 Å². The molecule has 0 saturated carbocycles. The van der Waals surface area contributed by atoms with E-state index in [0.29, 0.717) is 48.4 Å². The molecule has 1 amide bonds. The van der Waals surface area contributed by atoms with Gasteiger partial charge in [0, 0.05) is 62.8 Å². The van der Waals surface area contributed by atoms with Crippen LogP contribution in [0.15, 0.2) is 76.4 Å². The van der Waals surface area contributed by atoms with Gasteiger partial charge in [-0.25, -0.2) is 14.4 Å². The number of anilines is 2. The number of aryl methyl sites for hydroxylation is 1. The Hall–Kier alpha value is -3.92. The van der Waals surface area contributed by atoms with Crippen molar-refractivity contribution in [3.63, 3.8) is 0 Å². The minimum absolute atomic E-state index is 0.192. The van der Waals surface area contributed by atoms with Crippen molar-refractivity contribution in [1.82, 2.24) is 20.3 Å². The summed E-state index contributed by atoms with van der Waals surface area (Å²) in [6.07, 6.45) is 3.19. The number of benzene rings is 1. The number of thioether (sulfide) groups is 1. The Morgan fingerprint density at radius 3 is 2.56 bits per heavy atom. The van der Waals surface area contributed by atoms with Gasteiger partial charge in [0.2, 0.25) is 0 Å². The molecular weight excluding hydrogens is 515 g/mol. The Labute approximate surface area is 231 Å². The van der Waals surface area contributed by atoms with Crippen molar-refractivity contribution < 1.29 is 13.6 Å².